The highest BCUT2D eigenvalue weighted by Gasteiger charge is 2.13. The van der Waals surface area contributed by atoms with Crippen molar-refractivity contribution < 1.29 is 22.3 Å². The molecule has 0 atom stereocenters. The Kier molecular flexibility index (Phi) is 8.33. The van der Waals surface area contributed by atoms with E-state index in [1.807, 2.05) is 12.1 Å². The van der Waals surface area contributed by atoms with Gasteiger partial charge in [0.05, 0.1) is 0 Å². The van der Waals surface area contributed by atoms with E-state index >= 15 is 0 Å². The second kappa shape index (κ2) is 11.2. The van der Waals surface area contributed by atoms with Crippen LogP contribution in [-0.4, -0.2) is 6.61 Å². The monoisotopic (exact) mass is 432 g/mol. The number of hydrogen-bond acceptors (Lipinski definition) is 1. The first kappa shape index (κ1) is 23.1. The minimum atomic E-state index is -3.08. The fourth-order valence-electron chi connectivity index (χ4n) is 3.82. The number of ether oxygens (including phenoxy) is 1. The van der Waals surface area contributed by atoms with Crippen LogP contribution in [0.15, 0.2) is 48.5 Å². The molecule has 0 bridgehead atoms. The molecule has 3 aromatic carbocycles. The van der Waals surface area contributed by atoms with Crippen molar-refractivity contribution in [3.05, 3.63) is 76.9 Å². The Labute approximate surface area is 181 Å². The second-order valence-electron chi connectivity index (χ2n) is 7.90. The van der Waals surface area contributed by atoms with E-state index in [1.54, 1.807) is 30.3 Å². The van der Waals surface area contributed by atoms with Gasteiger partial charge in [-0.05, 0) is 59.9 Å². The summed E-state index contributed by atoms with van der Waals surface area (Å²) >= 11 is 0. The lowest BCUT2D eigenvalue weighted by Crippen LogP contribution is -2.04. The highest BCUT2D eigenvalue weighted by Crippen LogP contribution is 2.28. The Morgan fingerprint density at radius 2 is 1.52 bits per heavy atom. The third-order valence-electron chi connectivity index (χ3n) is 5.57. The number of benzene rings is 3. The SMILES string of the molecule is CCCCCCCc1ccc(CCc2ccc3c(F)c(OC(F)F)ccc3c2)c(F)c1. The fourth-order valence-corrected chi connectivity index (χ4v) is 3.82. The zero-order valence-electron chi connectivity index (χ0n) is 17.8. The van der Waals surface area contributed by atoms with Crippen LogP contribution in [0.25, 0.3) is 10.8 Å². The second-order valence-corrected chi connectivity index (χ2v) is 7.90. The molecule has 3 rings (SSSR count). The van der Waals surface area contributed by atoms with E-state index in [-0.39, 0.29) is 11.2 Å². The molecule has 5 heteroatoms. The molecule has 0 aliphatic carbocycles. The van der Waals surface area contributed by atoms with Crippen molar-refractivity contribution in [2.24, 2.45) is 0 Å². The molecule has 0 aliphatic rings. The smallest absolute Gasteiger partial charge is 0.387 e. The number of alkyl halides is 2. The van der Waals surface area contributed by atoms with E-state index < -0.39 is 18.2 Å². The number of halogens is 4. The summed E-state index contributed by atoms with van der Waals surface area (Å²) in [7, 11) is 0. The van der Waals surface area contributed by atoms with E-state index in [4.69, 9.17) is 0 Å². The molecule has 31 heavy (non-hydrogen) atoms. The molecule has 0 N–H and O–H groups in total. The summed E-state index contributed by atoms with van der Waals surface area (Å²) in [5, 5.41) is 0.812. The van der Waals surface area contributed by atoms with Crippen molar-refractivity contribution in [2.75, 3.05) is 0 Å². The topological polar surface area (TPSA) is 9.23 Å². The van der Waals surface area contributed by atoms with Gasteiger partial charge in [0.1, 0.15) is 5.82 Å². The quantitative estimate of drug-likeness (QED) is 0.220. The van der Waals surface area contributed by atoms with Gasteiger partial charge < -0.3 is 4.74 Å². The van der Waals surface area contributed by atoms with Gasteiger partial charge in [0, 0.05) is 5.39 Å². The third-order valence-corrected chi connectivity index (χ3v) is 5.57. The maximum atomic E-state index is 14.5. The summed E-state index contributed by atoms with van der Waals surface area (Å²) in [6.07, 6.45) is 7.97. The lowest BCUT2D eigenvalue weighted by atomic mass is 9.98. The minimum absolute atomic E-state index is 0.188. The Hall–Kier alpha value is -2.56. The lowest BCUT2D eigenvalue weighted by molar-refractivity contribution is -0.0520. The Morgan fingerprint density at radius 3 is 2.26 bits per heavy atom. The largest absolute Gasteiger partial charge is 0.432 e. The average Bonchev–Trinajstić information content (AvgIpc) is 2.74. The number of unbranched alkanes of at least 4 members (excludes halogenated alkanes) is 4. The highest BCUT2D eigenvalue weighted by atomic mass is 19.3. The van der Waals surface area contributed by atoms with Crippen LogP contribution in [0.2, 0.25) is 0 Å². The fraction of sp³-hybridized carbons (Fsp3) is 0.385. The number of rotatable bonds is 11. The van der Waals surface area contributed by atoms with Crippen molar-refractivity contribution in [1.29, 1.82) is 0 Å². The summed E-state index contributed by atoms with van der Waals surface area (Å²) in [6.45, 7) is -0.889. The molecule has 0 aromatic heterocycles. The zero-order valence-corrected chi connectivity index (χ0v) is 17.8. The van der Waals surface area contributed by atoms with Gasteiger partial charge in [0.25, 0.3) is 0 Å². The van der Waals surface area contributed by atoms with Crippen molar-refractivity contribution in [3.8, 4) is 5.75 Å². The van der Waals surface area contributed by atoms with Crippen LogP contribution < -0.4 is 4.74 Å². The molecule has 166 valence electrons. The van der Waals surface area contributed by atoms with E-state index in [1.165, 1.54) is 31.7 Å². The predicted octanol–water partition coefficient (Wildman–Crippen LogP) is 8.02. The van der Waals surface area contributed by atoms with Gasteiger partial charge in [0.2, 0.25) is 0 Å². The summed E-state index contributed by atoms with van der Waals surface area (Å²) in [4.78, 5) is 0. The van der Waals surface area contributed by atoms with E-state index in [0.29, 0.717) is 23.8 Å². The standard InChI is InChI=1S/C26H28F4O/c1-2-3-4-5-6-7-18-8-11-20(23(27)17-18)12-9-19-10-14-22-21(16-19)13-15-24(25(22)28)31-26(29)30/h8,10-11,13-17,26H,2-7,9,12H2,1H3. The maximum Gasteiger partial charge on any atom is 0.387 e. The Balaban J connectivity index is 1.61. The van der Waals surface area contributed by atoms with Gasteiger partial charge in [-0.1, -0.05) is 69.0 Å². The lowest BCUT2D eigenvalue weighted by Gasteiger charge is -2.10. The molecule has 0 aliphatic heterocycles. The van der Waals surface area contributed by atoms with Crippen molar-refractivity contribution in [2.45, 2.75) is 64.9 Å². The maximum absolute atomic E-state index is 14.5. The van der Waals surface area contributed by atoms with E-state index in [2.05, 4.69) is 11.7 Å². The minimum Gasteiger partial charge on any atom is -0.432 e. The first-order valence-electron chi connectivity index (χ1n) is 10.9. The van der Waals surface area contributed by atoms with Crippen molar-refractivity contribution in [1.82, 2.24) is 0 Å². The van der Waals surface area contributed by atoms with Crippen LogP contribution in [0.5, 0.6) is 5.75 Å². The molecule has 0 saturated heterocycles. The molecule has 0 amide bonds. The molecule has 0 heterocycles. The summed E-state index contributed by atoms with van der Waals surface area (Å²) in [5.74, 6) is -1.46. The van der Waals surface area contributed by atoms with Gasteiger partial charge in [-0.2, -0.15) is 8.78 Å². The summed E-state index contributed by atoms with van der Waals surface area (Å²) in [5.41, 5.74) is 2.61. The normalized spacial score (nSPS) is 11.4. The average molecular weight is 433 g/mol. The van der Waals surface area contributed by atoms with Gasteiger partial charge in [0.15, 0.2) is 11.6 Å². The van der Waals surface area contributed by atoms with Crippen molar-refractivity contribution in [3.63, 3.8) is 0 Å². The first-order chi connectivity index (χ1) is 15.0. The molecule has 0 saturated carbocycles. The number of aryl methyl sites for hydroxylation is 3. The van der Waals surface area contributed by atoms with Crippen LogP contribution in [0, 0.1) is 11.6 Å². The van der Waals surface area contributed by atoms with Crippen LogP contribution in [0.3, 0.4) is 0 Å². The predicted molar refractivity (Wildman–Crippen MR) is 117 cm³/mol. The molecule has 3 aromatic rings. The van der Waals surface area contributed by atoms with Gasteiger partial charge in [-0.25, -0.2) is 8.78 Å². The van der Waals surface area contributed by atoms with Gasteiger partial charge in [-0.3, -0.25) is 0 Å². The van der Waals surface area contributed by atoms with E-state index in [9.17, 15) is 17.6 Å². The Bertz CT molecular complexity index is 1000. The summed E-state index contributed by atoms with van der Waals surface area (Å²) in [6, 6.07) is 13.3. The summed E-state index contributed by atoms with van der Waals surface area (Å²) < 4.78 is 57.8. The Morgan fingerprint density at radius 1 is 0.774 bits per heavy atom. The first-order valence-corrected chi connectivity index (χ1v) is 10.9. The van der Waals surface area contributed by atoms with Gasteiger partial charge in [-0.15, -0.1) is 0 Å². The van der Waals surface area contributed by atoms with E-state index in [0.717, 1.165) is 24.0 Å². The molecule has 0 unspecified atom stereocenters. The molecule has 1 nitrogen and oxygen atoms in total. The van der Waals surface area contributed by atoms with Crippen LogP contribution >= 0.6 is 0 Å². The molecular formula is C26H28F4O. The van der Waals surface area contributed by atoms with Crippen molar-refractivity contribution >= 4 is 10.8 Å². The molecule has 0 radical (unpaired) electrons. The van der Waals surface area contributed by atoms with Crippen LogP contribution in [0.1, 0.15) is 55.7 Å². The molecule has 0 fully saturated rings. The number of fused-ring (bicyclic) bond motifs is 1. The van der Waals surface area contributed by atoms with Crippen LogP contribution in [0.4, 0.5) is 17.6 Å². The third kappa shape index (κ3) is 6.46. The molecule has 0 spiro atoms. The highest BCUT2D eigenvalue weighted by molar-refractivity contribution is 5.85. The van der Waals surface area contributed by atoms with Gasteiger partial charge >= 0.3 is 6.61 Å². The zero-order chi connectivity index (χ0) is 22.2. The van der Waals surface area contributed by atoms with Crippen LogP contribution in [-0.2, 0) is 19.3 Å². The molecular weight excluding hydrogens is 404 g/mol. The number of hydrogen-bond donors (Lipinski definition) is 0.